The van der Waals surface area contributed by atoms with Gasteiger partial charge >= 0.3 is 6.03 Å². The first-order valence-corrected chi connectivity index (χ1v) is 10.1. The van der Waals surface area contributed by atoms with Crippen molar-refractivity contribution in [3.8, 4) is 0 Å². The van der Waals surface area contributed by atoms with Crippen molar-refractivity contribution in [1.82, 2.24) is 25.6 Å². The number of fused-ring (bicyclic) bond motifs is 1. The predicted molar refractivity (Wildman–Crippen MR) is 118 cm³/mol. The number of rotatable bonds is 4. The highest BCUT2D eigenvalue weighted by Crippen LogP contribution is 2.25. The largest absolute Gasteiger partial charge is 0.369 e. The number of aromatic nitrogens is 3. The fourth-order valence-corrected chi connectivity index (χ4v) is 3.50. The Bertz CT molecular complexity index is 1020. The number of anilines is 4. The van der Waals surface area contributed by atoms with Gasteiger partial charge in [0.15, 0.2) is 11.5 Å². The molecule has 3 heterocycles. The second kappa shape index (κ2) is 8.58. The minimum atomic E-state index is -0.352. The Balaban J connectivity index is 1.52. The Labute approximate surface area is 176 Å². The Morgan fingerprint density at radius 3 is 2.66 bits per heavy atom. The van der Waals surface area contributed by atoms with Gasteiger partial charge in [0.2, 0.25) is 5.95 Å². The highest BCUT2D eigenvalue weighted by atomic mass is 79.9. The molecule has 10 heteroatoms. The van der Waals surface area contributed by atoms with Crippen molar-refractivity contribution < 1.29 is 4.79 Å². The van der Waals surface area contributed by atoms with Crippen LogP contribution in [0.5, 0.6) is 0 Å². The lowest BCUT2D eigenvalue weighted by atomic mass is 10.2. The molecule has 150 valence electrons. The van der Waals surface area contributed by atoms with Gasteiger partial charge in [-0.05, 0) is 46.3 Å². The van der Waals surface area contributed by atoms with Crippen molar-refractivity contribution in [2.75, 3.05) is 48.8 Å². The summed E-state index contributed by atoms with van der Waals surface area (Å²) in [6.07, 6.45) is 1.70. The molecule has 29 heavy (non-hydrogen) atoms. The predicted octanol–water partition coefficient (Wildman–Crippen LogP) is 2.69. The summed E-state index contributed by atoms with van der Waals surface area (Å²) in [7, 11) is 1.54. The molecule has 3 aromatic rings. The van der Waals surface area contributed by atoms with Crippen molar-refractivity contribution in [3.63, 3.8) is 0 Å². The maximum atomic E-state index is 11.6. The molecule has 2 amide bonds. The smallest absolute Gasteiger partial charge is 0.320 e. The van der Waals surface area contributed by atoms with Gasteiger partial charge in [-0.15, -0.1) is 0 Å². The molecule has 0 unspecified atom stereocenters. The average molecular weight is 457 g/mol. The monoisotopic (exact) mass is 456 g/mol. The number of carbonyl (C=O) groups excluding carboxylic acids is 1. The fraction of sp³-hybridized carbons (Fsp3) is 0.263. The number of carbonyl (C=O) groups is 1. The topological polar surface area (TPSA) is 107 Å². The van der Waals surface area contributed by atoms with Crippen molar-refractivity contribution in [2.24, 2.45) is 0 Å². The number of urea groups is 1. The molecule has 1 aliphatic heterocycles. The summed E-state index contributed by atoms with van der Waals surface area (Å²) in [6.45, 7) is 4.03. The minimum absolute atomic E-state index is 0.352. The number of pyridine rings is 1. The summed E-state index contributed by atoms with van der Waals surface area (Å²) in [4.78, 5) is 27.2. The van der Waals surface area contributed by atoms with E-state index in [4.69, 9.17) is 0 Å². The van der Waals surface area contributed by atoms with Crippen molar-refractivity contribution >= 4 is 56.1 Å². The van der Waals surface area contributed by atoms with E-state index in [1.54, 1.807) is 13.2 Å². The first-order valence-electron chi connectivity index (χ1n) is 9.27. The molecule has 1 fully saturated rings. The van der Waals surface area contributed by atoms with Crippen LogP contribution in [0, 0.1) is 0 Å². The summed E-state index contributed by atoms with van der Waals surface area (Å²) in [5.74, 6) is 0.829. The van der Waals surface area contributed by atoms with Gasteiger partial charge in [0, 0.05) is 56.2 Å². The maximum absolute atomic E-state index is 11.6. The zero-order valence-corrected chi connectivity index (χ0v) is 17.5. The van der Waals surface area contributed by atoms with E-state index in [1.165, 1.54) is 5.69 Å². The molecule has 1 aromatic carbocycles. The lowest BCUT2D eigenvalue weighted by molar-refractivity contribution is 0.254. The molecule has 4 rings (SSSR count). The van der Waals surface area contributed by atoms with E-state index in [9.17, 15) is 4.79 Å². The SMILES string of the molecule is CNC(=O)Nc1nc2nc(Nc3ccc(N4CCNCC4)cc3)ncc2cc1Br. The summed E-state index contributed by atoms with van der Waals surface area (Å²) in [5.41, 5.74) is 2.58. The van der Waals surface area contributed by atoms with Crippen LogP contribution in [0.25, 0.3) is 11.0 Å². The molecular weight excluding hydrogens is 436 g/mol. The van der Waals surface area contributed by atoms with E-state index < -0.39 is 0 Å². The lowest BCUT2D eigenvalue weighted by Crippen LogP contribution is -2.43. The zero-order valence-electron chi connectivity index (χ0n) is 15.9. The van der Waals surface area contributed by atoms with Crippen LogP contribution >= 0.6 is 15.9 Å². The second-order valence-corrected chi connectivity index (χ2v) is 7.39. The summed E-state index contributed by atoms with van der Waals surface area (Å²) >= 11 is 3.40. The molecular formula is C19H21BrN8O. The van der Waals surface area contributed by atoms with Crippen molar-refractivity contribution in [2.45, 2.75) is 0 Å². The Morgan fingerprint density at radius 2 is 1.93 bits per heavy atom. The van der Waals surface area contributed by atoms with Gasteiger partial charge in [-0.2, -0.15) is 4.98 Å². The van der Waals surface area contributed by atoms with Crippen molar-refractivity contribution in [3.05, 3.63) is 41.0 Å². The number of hydrogen-bond acceptors (Lipinski definition) is 7. The quantitative estimate of drug-likeness (QED) is 0.477. The first-order chi connectivity index (χ1) is 14.1. The summed E-state index contributed by atoms with van der Waals surface area (Å²) in [5, 5.41) is 12.5. The van der Waals surface area contributed by atoms with E-state index in [1.807, 2.05) is 18.2 Å². The van der Waals surface area contributed by atoms with Crippen LogP contribution in [0.2, 0.25) is 0 Å². The third kappa shape index (κ3) is 4.54. The highest BCUT2D eigenvalue weighted by Gasteiger charge is 2.11. The van der Waals surface area contributed by atoms with E-state index in [-0.39, 0.29) is 6.03 Å². The number of hydrogen-bond donors (Lipinski definition) is 4. The van der Waals surface area contributed by atoms with Crippen LogP contribution in [0.15, 0.2) is 41.0 Å². The number of nitrogens with zero attached hydrogens (tertiary/aromatic N) is 4. The maximum Gasteiger partial charge on any atom is 0.320 e. The summed E-state index contributed by atoms with van der Waals surface area (Å²) in [6, 6.07) is 9.68. The van der Waals surface area contributed by atoms with Gasteiger partial charge in [0.25, 0.3) is 0 Å². The minimum Gasteiger partial charge on any atom is -0.369 e. The normalized spacial score (nSPS) is 13.9. The van der Waals surface area contributed by atoms with Gasteiger partial charge in [-0.3, -0.25) is 5.32 Å². The van der Waals surface area contributed by atoms with Crippen LogP contribution in [0.3, 0.4) is 0 Å². The molecule has 0 radical (unpaired) electrons. The highest BCUT2D eigenvalue weighted by molar-refractivity contribution is 9.10. The second-order valence-electron chi connectivity index (χ2n) is 6.54. The average Bonchev–Trinajstić information content (AvgIpc) is 2.75. The zero-order chi connectivity index (χ0) is 20.2. The van der Waals surface area contributed by atoms with Crippen LogP contribution in [0.1, 0.15) is 0 Å². The van der Waals surface area contributed by atoms with Crippen LogP contribution in [-0.4, -0.2) is 54.2 Å². The van der Waals surface area contributed by atoms with E-state index in [2.05, 4.69) is 69.2 Å². The Hall–Kier alpha value is -2.98. The van der Waals surface area contributed by atoms with Gasteiger partial charge < -0.3 is 20.9 Å². The standard InChI is InChI=1S/C19H21BrN8O/c1-21-19(29)27-17-15(20)10-12-11-23-18(26-16(12)25-17)24-13-2-4-14(5-3-13)28-8-6-22-7-9-28/h2-5,10-11,22H,6-9H2,1H3,(H3,21,23,24,25,26,27,29). The van der Waals surface area contributed by atoms with E-state index in [0.29, 0.717) is 21.9 Å². The van der Waals surface area contributed by atoms with E-state index >= 15 is 0 Å². The van der Waals surface area contributed by atoms with Gasteiger partial charge in [-0.1, -0.05) is 0 Å². The molecule has 9 nitrogen and oxygen atoms in total. The third-order valence-corrected chi connectivity index (χ3v) is 5.19. The Morgan fingerprint density at radius 1 is 1.17 bits per heavy atom. The molecule has 0 spiro atoms. The molecule has 1 aliphatic rings. The number of halogens is 1. The van der Waals surface area contributed by atoms with Crippen molar-refractivity contribution in [1.29, 1.82) is 0 Å². The Kier molecular flexibility index (Phi) is 5.72. The lowest BCUT2D eigenvalue weighted by Gasteiger charge is -2.29. The molecule has 0 saturated carbocycles. The molecule has 1 saturated heterocycles. The fourth-order valence-electron chi connectivity index (χ4n) is 3.06. The number of benzene rings is 1. The first kappa shape index (κ1) is 19.3. The molecule has 0 atom stereocenters. The molecule has 2 aromatic heterocycles. The van der Waals surface area contributed by atoms with Gasteiger partial charge in [0.05, 0.1) is 4.47 Å². The number of amides is 2. The van der Waals surface area contributed by atoms with Crippen LogP contribution in [-0.2, 0) is 0 Å². The number of piperazine rings is 1. The molecule has 0 bridgehead atoms. The van der Waals surface area contributed by atoms with E-state index in [0.717, 1.165) is 37.3 Å². The van der Waals surface area contributed by atoms with Gasteiger partial charge in [-0.25, -0.2) is 14.8 Å². The summed E-state index contributed by atoms with van der Waals surface area (Å²) < 4.78 is 0.654. The number of nitrogens with one attached hydrogen (secondary N) is 4. The van der Waals surface area contributed by atoms with Gasteiger partial charge in [0.1, 0.15) is 0 Å². The molecule has 4 N–H and O–H groups in total. The molecule has 0 aliphatic carbocycles. The van der Waals surface area contributed by atoms with Crippen LogP contribution in [0.4, 0.5) is 27.9 Å². The third-order valence-electron chi connectivity index (χ3n) is 4.59. The van der Waals surface area contributed by atoms with Crippen LogP contribution < -0.4 is 26.2 Å².